The van der Waals surface area contributed by atoms with Crippen LogP contribution in [-0.2, 0) is 0 Å². The van der Waals surface area contributed by atoms with Crippen LogP contribution in [0.5, 0.6) is 0 Å². The maximum atomic E-state index is 5.94. The Kier molecular flexibility index (Phi) is 4.84. The van der Waals surface area contributed by atoms with Crippen LogP contribution in [0.1, 0.15) is 18.1 Å². The molecular formula is C17H14Cl2. The van der Waals surface area contributed by atoms with Crippen molar-refractivity contribution in [1.82, 2.24) is 0 Å². The molecule has 19 heavy (non-hydrogen) atoms. The summed E-state index contributed by atoms with van der Waals surface area (Å²) in [7, 11) is 0. The van der Waals surface area contributed by atoms with Crippen molar-refractivity contribution in [3.8, 4) is 0 Å². The van der Waals surface area contributed by atoms with Gasteiger partial charge in [-0.2, -0.15) is 0 Å². The fourth-order valence-electron chi connectivity index (χ4n) is 1.81. The maximum Gasteiger partial charge on any atom is 0.0406 e. The summed E-state index contributed by atoms with van der Waals surface area (Å²) in [6.45, 7) is 2.00. The summed E-state index contributed by atoms with van der Waals surface area (Å²) in [5.41, 5.74) is 3.40. The van der Waals surface area contributed by atoms with Crippen LogP contribution in [0.15, 0.2) is 66.8 Å². The molecule has 2 heteroatoms. The first-order valence-corrected chi connectivity index (χ1v) is 6.81. The van der Waals surface area contributed by atoms with Gasteiger partial charge in [-0.15, -0.1) is 0 Å². The first-order valence-electron chi connectivity index (χ1n) is 6.05. The van der Waals surface area contributed by atoms with E-state index in [2.05, 4.69) is 6.08 Å². The van der Waals surface area contributed by atoms with Gasteiger partial charge in [-0.25, -0.2) is 0 Å². The Morgan fingerprint density at radius 2 is 1.21 bits per heavy atom. The second-order valence-electron chi connectivity index (χ2n) is 4.12. The lowest BCUT2D eigenvalue weighted by Gasteiger charge is -2.08. The lowest BCUT2D eigenvalue weighted by molar-refractivity contribution is 1.54. The fourth-order valence-corrected chi connectivity index (χ4v) is 2.06. The molecule has 0 bridgehead atoms. The van der Waals surface area contributed by atoms with E-state index in [4.69, 9.17) is 23.2 Å². The molecule has 0 saturated carbocycles. The van der Waals surface area contributed by atoms with Crippen LogP contribution in [0, 0.1) is 0 Å². The molecule has 0 radical (unpaired) electrons. The van der Waals surface area contributed by atoms with Gasteiger partial charge < -0.3 is 0 Å². The monoisotopic (exact) mass is 288 g/mol. The van der Waals surface area contributed by atoms with Crippen molar-refractivity contribution in [2.75, 3.05) is 0 Å². The number of hydrogen-bond acceptors (Lipinski definition) is 0. The van der Waals surface area contributed by atoms with Gasteiger partial charge in [0.25, 0.3) is 0 Å². The normalized spacial score (nSPS) is 10.7. The first kappa shape index (κ1) is 13.9. The van der Waals surface area contributed by atoms with Crippen molar-refractivity contribution in [3.63, 3.8) is 0 Å². The van der Waals surface area contributed by atoms with Crippen molar-refractivity contribution >= 4 is 28.8 Å². The summed E-state index contributed by atoms with van der Waals surface area (Å²) in [4.78, 5) is 0. The van der Waals surface area contributed by atoms with Crippen LogP contribution in [0.2, 0.25) is 10.0 Å². The molecule has 2 aromatic rings. The van der Waals surface area contributed by atoms with Gasteiger partial charge in [0.2, 0.25) is 0 Å². The minimum atomic E-state index is 0.741. The molecule has 96 valence electrons. The number of hydrogen-bond donors (Lipinski definition) is 0. The third-order valence-corrected chi connectivity index (χ3v) is 3.27. The number of halogens is 2. The number of rotatable bonds is 3. The highest BCUT2D eigenvalue weighted by molar-refractivity contribution is 6.31. The van der Waals surface area contributed by atoms with Gasteiger partial charge in [0.05, 0.1) is 0 Å². The van der Waals surface area contributed by atoms with Gasteiger partial charge in [-0.3, -0.25) is 0 Å². The molecule has 0 nitrogen and oxygen atoms in total. The van der Waals surface area contributed by atoms with Crippen LogP contribution in [0.25, 0.3) is 5.57 Å². The zero-order valence-corrected chi connectivity index (χ0v) is 12.1. The van der Waals surface area contributed by atoms with Gasteiger partial charge >= 0.3 is 0 Å². The predicted molar refractivity (Wildman–Crippen MR) is 84.8 cm³/mol. The minimum absolute atomic E-state index is 0.741. The minimum Gasteiger partial charge on any atom is -0.0876 e. The van der Waals surface area contributed by atoms with Crippen LogP contribution >= 0.6 is 23.2 Å². The Morgan fingerprint density at radius 1 is 0.789 bits per heavy atom. The Morgan fingerprint density at radius 3 is 1.58 bits per heavy atom. The van der Waals surface area contributed by atoms with Gasteiger partial charge in [0.1, 0.15) is 0 Å². The zero-order valence-electron chi connectivity index (χ0n) is 10.6. The topological polar surface area (TPSA) is 0 Å². The molecule has 0 spiro atoms. The lowest BCUT2D eigenvalue weighted by atomic mass is 9.97. The fraction of sp³-hybridized carbons (Fsp3) is 0.0588. The van der Waals surface area contributed by atoms with E-state index in [1.165, 1.54) is 0 Å². The van der Waals surface area contributed by atoms with E-state index >= 15 is 0 Å². The molecule has 0 aliphatic heterocycles. The lowest BCUT2D eigenvalue weighted by Crippen LogP contribution is -1.87. The van der Waals surface area contributed by atoms with Crippen molar-refractivity contribution in [1.29, 1.82) is 0 Å². The molecule has 0 aliphatic rings. The Balaban J connectivity index is 2.47. The van der Waals surface area contributed by atoms with Crippen LogP contribution in [-0.4, -0.2) is 0 Å². The van der Waals surface area contributed by atoms with Gasteiger partial charge in [-0.1, -0.05) is 65.7 Å². The Bertz CT molecular complexity index is 543. The second kappa shape index (κ2) is 6.60. The molecule has 0 amide bonds. The van der Waals surface area contributed by atoms with E-state index in [-0.39, 0.29) is 0 Å². The molecule has 0 saturated heterocycles. The molecule has 0 fully saturated rings. The van der Waals surface area contributed by atoms with Crippen LogP contribution in [0.3, 0.4) is 0 Å². The van der Waals surface area contributed by atoms with Crippen molar-refractivity contribution in [3.05, 3.63) is 87.9 Å². The Labute approximate surface area is 124 Å². The summed E-state index contributed by atoms with van der Waals surface area (Å²) < 4.78 is 0. The highest BCUT2D eigenvalue weighted by atomic mass is 35.5. The van der Waals surface area contributed by atoms with Crippen LogP contribution < -0.4 is 0 Å². The number of allylic oxidation sites excluding steroid dienone is 3. The molecule has 0 heterocycles. The van der Waals surface area contributed by atoms with Crippen molar-refractivity contribution in [2.24, 2.45) is 0 Å². The molecule has 2 aromatic carbocycles. The average Bonchev–Trinajstić information content (AvgIpc) is 2.43. The third kappa shape index (κ3) is 3.73. The molecule has 0 aromatic heterocycles. The third-order valence-electron chi connectivity index (χ3n) is 2.77. The summed E-state index contributed by atoms with van der Waals surface area (Å²) >= 11 is 11.9. The SMILES string of the molecule is C/C=C\C=C(c1ccc(Cl)cc1)c1ccc(Cl)cc1. The van der Waals surface area contributed by atoms with Crippen LogP contribution in [0.4, 0.5) is 0 Å². The van der Waals surface area contributed by atoms with Gasteiger partial charge in [0.15, 0.2) is 0 Å². The Hall–Kier alpha value is -1.50. The van der Waals surface area contributed by atoms with Crippen molar-refractivity contribution in [2.45, 2.75) is 6.92 Å². The van der Waals surface area contributed by atoms with E-state index in [0.717, 1.165) is 26.7 Å². The molecule has 0 aliphatic carbocycles. The molecule has 0 N–H and O–H groups in total. The predicted octanol–water partition coefficient (Wildman–Crippen LogP) is 6.00. The summed E-state index contributed by atoms with van der Waals surface area (Å²) in [6, 6.07) is 15.7. The molecule has 2 rings (SSSR count). The summed E-state index contributed by atoms with van der Waals surface area (Å²) in [6.07, 6.45) is 6.12. The quantitative estimate of drug-likeness (QED) is 0.608. The highest BCUT2D eigenvalue weighted by Crippen LogP contribution is 2.26. The smallest absolute Gasteiger partial charge is 0.0406 e. The first-order chi connectivity index (χ1) is 9.20. The second-order valence-corrected chi connectivity index (χ2v) is 4.99. The highest BCUT2D eigenvalue weighted by Gasteiger charge is 2.04. The van der Waals surface area contributed by atoms with Crippen molar-refractivity contribution < 1.29 is 0 Å². The zero-order chi connectivity index (χ0) is 13.7. The average molecular weight is 289 g/mol. The van der Waals surface area contributed by atoms with E-state index in [0.29, 0.717) is 0 Å². The molecule has 0 unspecified atom stereocenters. The standard InChI is InChI=1S/C17H14Cl2/c1-2-3-4-17(13-5-9-15(18)10-6-13)14-7-11-16(19)12-8-14/h2-12H,1H3/b3-2-. The maximum absolute atomic E-state index is 5.94. The van der Waals surface area contributed by atoms with E-state index < -0.39 is 0 Å². The van der Waals surface area contributed by atoms with E-state index in [1.54, 1.807) is 0 Å². The van der Waals surface area contributed by atoms with Gasteiger partial charge in [0, 0.05) is 10.0 Å². The molecule has 0 atom stereocenters. The largest absolute Gasteiger partial charge is 0.0876 e. The van der Waals surface area contributed by atoms with Gasteiger partial charge in [-0.05, 0) is 47.9 Å². The summed E-state index contributed by atoms with van der Waals surface area (Å²) in [5.74, 6) is 0. The van der Waals surface area contributed by atoms with E-state index in [1.807, 2.05) is 67.6 Å². The number of benzene rings is 2. The molecular weight excluding hydrogens is 275 g/mol. The van der Waals surface area contributed by atoms with E-state index in [9.17, 15) is 0 Å². The summed E-state index contributed by atoms with van der Waals surface area (Å²) in [5, 5.41) is 1.48.